The van der Waals surface area contributed by atoms with Gasteiger partial charge in [0.25, 0.3) is 0 Å². The molecule has 0 aromatic carbocycles. The van der Waals surface area contributed by atoms with Crippen LogP contribution in [0.25, 0.3) is 22.2 Å². The Morgan fingerprint density at radius 2 is 2.35 bits per heavy atom. The van der Waals surface area contributed by atoms with Gasteiger partial charge in [-0.1, -0.05) is 0 Å². The number of nitrogens with zero attached hydrogens (tertiary/aromatic N) is 4. The van der Waals surface area contributed by atoms with Crippen molar-refractivity contribution < 1.29 is 9.47 Å². The highest BCUT2D eigenvalue weighted by molar-refractivity contribution is 5.86. The molecule has 0 spiro atoms. The standard InChI is InChI=1S/C19H23N5O2/c1-13(2)24-11-14(9-22-24)17-8-18-16(4-3-5-21-18)19(23-17)26-12-15-10-20-6-7-25-15/h3-5,8-9,11,13,15,20H,6-7,10,12H2,1-2H3/t15-/m0/s1. The van der Waals surface area contributed by atoms with E-state index in [2.05, 4.69) is 29.2 Å². The first-order valence-electron chi connectivity index (χ1n) is 8.96. The molecule has 1 fully saturated rings. The Hall–Kier alpha value is -2.51. The molecule has 4 rings (SSSR count). The molecule has 1 aliphatic heterocycles. The first kappa shape index (κ1) is 16.9. The first-order valence-corrected chi connectivity index (χ1v) is 8.96. The van der Waals surface area contributed by atoms with Gasteiger partial charge in [-0.3, -0.25) is 9.67 Å². The van der Waals surface area contributed by atoms with Crippen molar-refractivity contribution in [3.8, 4) is 17.1 Å². The van der Waals surface area contributed by atoms with Gasteiger partial charge in [0.15, 0.2) is 0 Å². The van der Waals surface area contributed by atoms with Crippen LogP contribution < -0.4 is 10.1 Å². The third kappa shape index (κ3) is 3.54. The summed E-state index contributed by atoms with van der Waals surface area (Å²) in [6, 6.07) is 6.15. The Kier molecular flexibility index (Phi) is 4.81. The minimum atomic E-state index is 0.0321. The summed E-state index contributed by atoms with van der Waals surface area (Å²) in [5.41, 5.74) is 2.61. The van der Waals surface area contributed by atoms with Gasteiger partial charge in [0.2, 0.25) is 5.88 Å². The maximum Gasteiger partial charge on any atom is 0.223 e. The smallest absolute Gasteiger partial charge is 0.223 e. The highest BCUT2D eigenvalue weighted by Crippen LogP contribution is 2.28. The lowest BCUT2D eigenvalue weighted by atomic mass is 10.2. The summed E-state index contributed by atoms with van der Waals surface area (Å²) in [4.78, 5) is 9.21. The molecule has 1 N–H and O–H groups in total. The Morgan fingerprint density at radius 1 is 1.42 bits per heavy atom. The van der Waals surface area contributed by atoms with E-state index in [1.54, 1.807) is 6.20 Å². The van der Waals surface area contributed by atoms with E-state index >= 15 is 0 Å². The molecule has 7 nitrogen and oxygen atoms in total. The number of fused-ring (bicyclic) bond motifs is 1. The molecular weight excluding hydrogens is 330 g/mol. The summed E-state index contributed by atoms with van der Waals surface area (Å²) in [6.45, 7) is 7.03. The average Bonchev–Trinajstić information content (AvgIpc) is 3.17. The lowest BCUT2D eigenvalue weighted by Crippen LogP contribution is -2.41. The van der Waals surface area contributed by atoms with Crippen LogP contribution >= 0.6 is 0 Å². The van der Waals surface area contributed by atoms with Crippen molar-refractivity contribution in [3.63, 3.8) is 0 Å². The van der Waals surface area contributed by atoms with Crippen molar-refractivity contribution in [3.05, 3.63) is 36.8 Å². The van der Waals surface area contributed by atoms with E-state index in [9.17, 15) is 0 Å². The van der Waals surface area contributed by atoms with Crippen molar-refractivity contribution in [2.24, 2.45) is 0 Å². The third-order valence-electron chi connectivity index (χ3n) is 4.40. The van der Waals surface area contributed by atoms with E-state index in [1.165, 1.54) is 0 Å². The van der Waals surface area contributed by atoms with Crippen LogP contribution in [0.2, 0.25) is 0 Å². The quantitative estimate of drug-likeness (QED) is 0.759. The topological polar surface area (TPSA) is 74.1 Å². The Morgan fingerprint density at radius 3 is 3.12 bits per heavy atom. The van der Waals surface area contributed by atoms with Crippen LogP contribution in [-0.2, 0) is 4.74 Å². The monoisotopic (exact) mass is 353 g/mol. The predicted octanol–water partition coefficient (Wildman–Crippen LogP) is 2.44. The molecule has 1 saturated heterocycles. The predicted molar refractivity (Wildman–Crippen MR) is 99.2 cm³/mol. The lowest BCUT2D eigenvalue weighted by Gasteiger charge is -2.23. The van der Waals surface area contributed by atoms with Crippen LogP contribution in [0.4, 0.5) is 0 Å². The minimum Gasteiger partial charge on any atom is -0.474 e. The number of rotatable bonds is 5. The highest BCUT2D eigenvalue weighted by atomic mass is 16.5. The summed E-state index contributed by atoms with van der Waals surface area (Å²) in [6.07, 6.45) is 5.64. The van der Waals surface area contributed by atoms with E-state index in [-0.39, 0.29) is 6.10 Å². The van der Waals surface area contributed by atoms with Crippen LogP contribution in [0.3, 0.4) is 0 Å². The zero-order valence-electron chi connectivity index (χ0n) is 15.1. The number of hydrogen-bond donors (Lipinski definition) is 1. The Labute approximate surface area is 152 Å². The molecule has 3 aromatic heterocycles. The van der Waals surface area contributed by atoms with Crippen molar-refractivity contribution >= 4 is 10.9 Å². The highest BCUT2D eigenvalue weighted by Gasteiger charge is 2.17. The van der Waals surface area contributed by atoms with Gasteiger partial charge in [0.1, 0.15) is 12.7 Å². The van der Waals surface area contributed by atoms with Gasteiger partial charge in [-0.25, -0.2) is 4.98 Å². The number of hydrogen-bond acceptors (Lipinski definition) is 6. The van der Waals surface area contributed by atoms with Gasteiger partial charge in [-0.05, 0) is 32.0 Å². The molecule has 3 aromatic rings. The number of pyridine rings is 2. The average molecular weight is 353 g/mol. The van der Waals surface area contributed by atoms with E-state index in [0.29, 0.717) is 25.1 Å². The van der Waals surface area contributed by atoms with Crippen LogP contribution in [0.15, 0.2) is 36.8 Å². The summed E-state index contributed by atoms with van der Waals surface area (Å²) >= 11 is 0. The van der Waals surface area contributed by atoms with Gasteiger partial charge >= 0.3 is 0 Å². The Balaban J connectivity index is 1.65. The van der Waals surface area contributed by atoms with Crippen molar-refractivity contribution in [2.75, 3.05) is 26.3 Å². The SMILES string of the molecule is CC(C)n1cc(-c2cc3ncccc3c(OC[C@@H]3CNCCO3)n2)cn1. The van der Waals surface area contributed by atoms with Crippen molar-refractivity contribution in [1.82, 2.24) is 25.1 Å². The van der Waals surface area contributed by atoms with Crippen LogP contribution in [0.5, 0.6) is 5.88 Å². The largest absolute Gasteiger partial charge is 0.474 e. The summed E-state index contributed by atoms with van der Waals surface area (Å²) in [5.74, 6) is 0.581. The fraction of sp³-hybridized carbons (Fsp3) is 0.421. The summed E-state index contributed by atoms with van der Waals surface area (Å²) in [7, 11) is 0. The molecule has 0 unspecified atom stereocenters. The molecule has 0 bridgehead atoms. The first-order chi connectivity index (χ1) is 12.7. The van der Waals surface area contributed by atoms with Crippen LogP contribution in [0, 0.1) is 0 Å². The molecule has 1 atom stereocenters. The number of morpholine rings is 1. The number of aromatic nitrogens is 4. The second-order valence-corrected chi connectivity index (χ2v) is 6.69. The van der Waals surface area contributed by atoms with E-state index in [4.69, 9.17) is 14.5 Å². The second-order valence-electron chi connectivity index (χ2n) is 6.69. The van der Waals surface area contributed by atoms with Gasteiger partial charge in [-0.2, -0.15) is 5.10 Å². The Bertz CT molecular complexity index is 887. The normalized spacial score (nSPS) is 17.7. The zero-order valence-corrected chi connectivity index (χ0v) is 15.1. The summed E-state index contributed by atoms with van der Waals surface area (Å²) < 4.78 is 13.7. The molecular formula is C19H23N5O2. The third-order valence-corrected chi connectivity index (χ3v) is 4.40. The van der Waals surface area contributed by atoms with Gasteiger partial charge in [0.05, 0.1) is 29.4 Å². The second kappa shape index (κ2) is 7.39. The molecule has 0 saturated carbocycles. The maximum atomic E-state index is 6.03. The minimum absolute atomic E-state index is 0.0321. The van der Waals surface area contributed by atoms with Crippen molar-refractivity contribution in [2.45, 2.75) is 26.0 Å². The maximum absolute atomic E-state index is 6.03. The van der Waals surface area contributed by atoms with E-state index < -0.39 is 0 Å². The van der Waals surface area contributed by atoms with E-state index in [1.807, 2.05) is 35.3 Å². The molecule has 1 aliphatic rings. The van der Waals surface area contributed by atoms with Crippen LogP contribution in [0.1, 0.15) is 19.9 Å². The van der Waals surface area contributed by atoms with E-state index in [0.717, 1.165) is 35.2 Å². The molecule has 0 amide bonds. The molecule has 4 heterocycles. The van der Waals surface area contributed by atoms with Crippen molar-refractivity contribution in [1.29, 1.82) is 0 Å². The fourth-order valence-corrected chi connectivity index (χ4v) is 2.95. The summed E-state index contributed by atoms with van der Waals surface area (Å²) in [5, 5.41) is 8.62. The van der Waals surface area contributed by atoms with Gasteiger partial charge < -0.3 is 14.8 Å². The van der Waals surface area contributed by atoms with Crippen LogP contribution in [-0.4, -0.2) is 52.2 Å². The number of nitrogens with one attached hydrogen (secondary N) is 1. The molecule has 7 heteroatoms. The van der Waals surface area contributed by atoms with Gasteiger partial charge in [-0.15, -0.1) is 0 Å². The molecule has 0 radical (unpaired) electrons. The lowest BCUT2D eigenvalue weighted by molar-refractivity contribution is -0.000365. The number of ether oxygens (including phenoxy) is 2. The van der Waals surface area contributed by atoms with Gasteiger partial charge in [0, 0.05) is 37.1 Å². The zero-order chi connectivity index (χ0) is 17.9. The molecule has 136 valence electrons. The molecule has 0 aliphatic carbocycles. The molecule has 26 heavy (non-hydrogen) atoms. The fourth-order valence-electron chi connectivity index (χ4n) is 2.95.